The van der Waals surface area contributed by atoms with Gasteiger partial charge in [-0.2, -0.15) is 0 Å². The maximum absolute atomic E-state index is 2.32. The van der Waals surface area contributed by atoms with Crippen LogP contribution in [0, 0.1) is 0 Å². The first-order valence-electron chi connectivity index (χ1n) is 9.14. The van der Waals surface area contributed by atoms with Crippen LogP contribution in [0.25, 0.3) is 64.6 Å². The summed E-state index contributed by atoms with van der Waals surface area (Å²) in [6.07, 6.45) is 0. The lowest BCUT2D eigenvalue weighted by atomic mass is 9.83. The van der Waals surface area contributed by atoms with E-state index in [9.17, 15) is 0 Å². The van der Waals surface area contributed by atoms with Crippen molar-refractivity contribution in [2.75, 3.05) is 0 Å². The van der Waals surface area contributed by atoms with Crippen LogP contribution in [-0.4, -0.2) is 0 Å². The maximum atomic E-state index is 2.32. The van der Waals surface area contributed by atoms with E-state index in [1.165, 1.54) is 64.6 Å². The van der Waals surface area contributed by atoms with Crippen molar-refractivity contribution in [1.29, 1.82) is 0 Å². The molecule has 0 heteroatoms. The lowest BCUT2D eigenvalue weighted by Crippen LogP contribution is -1.91. The van der Waals surface area contributed by atoms with Crippen molar-refractivity contribution in [3.05, 3.63) is 84.9 Å². The largest absolute Gasteiger partial charge is 0.0616 e. The average molecular weight is 326 g/mol. The molecule has 0 aliphatic heterocycles. The molecule has 7 aromatic carbocycles. The molecule has 0 aliphatic rings. The zero-order chi connectivity index (χ0) is 16.8. The summed E-state index contributed by atoms with van der Waals surface area (Å²) in [6, 6.07) is 31.5. The highest BCUT2D eigenvalue weighted by Gasteiger charge is 2.18. The molecule has 0 radical (unpaired) electrons. The van der Waals surface area contributed by atoms with Gasteiger partial charge in [-0.05, 0) is 64.6 Å². The fourth-order valence-electron chi connectivity index (χ4n) is 5.13. The van der Waals surface area contributed by atoms with Gasteiger partial charge in [-0.15, -0.1) is 0 Å². The smallest absolute Gasteiger partial charge is 0.000763 e. The summed E-state index contributed by atoms with van der Waals surface area (Å²) >= 11 is 0. The van der Waals surface area contributed by atoms with Gasteiger partial charge in [0.05, 0.1) is 0 Å². The molecule has 0 atom stereocenters. The minimum atomic E-state index is 1.33. The number of fused-ring (bicyclic) bond motifs is 4. The molecule has 7 rings (SSSR count). The van der Waals surface area contributed by atoms with Gasteiger partial charge >= 0.3 is 0 Å². The molecule has 0 heterocycles. The summed E-state index contributed by atoms with van der Waals surface area (Å²) in [5, 5.41) is 16.5. The number of benzene rings is 7. The molecule has 26 heavy (non-hydrogen) atoms. The van der Waals surface area contributed by atoms with Crippen molar-refractivity contribution < 1.29 is 0 Å². The van der Waals surface area contributed by atoms with Crippen LogP contribution in [-0.2, 0) is 0 Å². The summed E-state index contributed by atoms with van der Waals surface area (Å²) in [5.41, 5.74) is 0. The second kappa shape index (κ2) is 4.23. The Morgan fingerprint density at radius 1 is 0.269 bits per heavy atom. The molecule has 0 aromatic heterocycles. The first-order valence-corrected chi connectivity index (χ1v) is 9.14. The van der Waals surface area contributed by atoms with E-state index in [0.29, 0.717) is 0 Å². The fourth-order valence-corrected chi connectivity index (χ4v) is 5.13. The highest BCUT2D eigenvalue weighted by molar-refractivity contribution is 6.44. The monoisotopic (exact) mass is 326 g/mol. The Morgan fingerprint density at radius 3 is 1.19 bits per heavy atom. The maximum Gasteiger partial charge on any atom is -0.000763 e. The Kier molecular flexibility index (Phi) is 2.10. The van der Waals surface area contributed by atoms with E-state index in [1.807, 2.05) is 0 Å². The van der Waals surface area contributed by atoms with E-state index in [4.69, 9.17) is 0 Å². The third-order valence-corrected chi connectivity index (χ3v) is 6.14. The summed E-state index contributed by atoms with van der Waals surface area (Å²) < 4.78 is 0. The average Bonchev–Trinajstić information content (AvgIpc) is 2.71. The van der Waals surface area contributed by atoms with Gasteiger partial charge in [0.1, 0.15) is 0 Å². The van der Waals surface area contributed by atoms with Gasteiger partial charge in [-0.3, -0.25) is 0 Å². The Balaban J connectivity index is 2.06. The van der Waals surface area contributed by atoms with Crippen molar-refractivity contribution in [3.8, 4) is 0 Å². The number of hydrogen-bond donors (Lipinski definition) is 0. The summed E-state index contributed by atoms with van der Waals surface area (Å²) in [7, 11) is 0. The van der Waals surface area contributed by atoms with E-state index in [-0.39, 0.29) is 0 Å². The molecule has 0 saturated heterocycles. The molecule has 0 nitrogen and oxygen atoms in total. The van der Waals surface area contributed by atoms with Gasteiger partial charge in [0, 0.05) is 0 Å². The minimum absolute atomic E-state index is 1.33. The Bertz CT molecular complexity index is 1500. The summed E-state index contributed by atoms with van der Waals surface area (Å²) in [4.78, 5) is 0. The highest BCUT2D eigenvalue weighted by Crippen LogP contribution is 2.47. The van der Waals surface area contributed by atoms with Crippen LogP contribution in [0.5, 0.6) is 0 Å². The van der Waals surface area contributed by atoms with Gasteiger partial charge in [0.15, 0.2) is 0 Å². The topological polar surface area (TPSA) is 0 Å². The van der Waals surface area contributed by atoms with E-state index < -0.39 is 0 Å². The normalized spacial score (nSPS) is 12.6. The highest BCUT2D eigenvalue weighted by atomic mass is 14.2. The molecule has 118 valence electrons. The molecule has 7 aromatic rings. The van der Waals surface area contributed by atoms with E-state index in [2.05, 4.69) is 84.9 Å². The van der Waals surface area contributed by atoms with Gasteiger partial charge in [-0.25, -0.2) is 0 Å². The lowest BCUT2D eigenvalue weighted by molar-refractivity contribution is 1.79. The number of hydrogen-bond acceptors (Lipinski definition) is 0. The number of rotatable bonds is 0. The van der Waals surface area contributed by atoms with Gasteiger partial charge in [0.25, 0.3) is 0 Å². The van der Waals surface area contributed by atoms with Crippen molar-refractivity contribution in [2.24, 2.45) is 0 Å². The summed E-state index contributed by atoms with van der Waals surface area (Å²) in [6.45, 7) is 0. The third kappa shape index (κ3) is 1.32. The van der Waals surface area contributed by atoms with E-state index >= 15 is 0 Å². The van der Waals surface area contributed by atoms with Crippen LogP contribution in [0.2, 0.25) is 0 Å². The van der Waals surface area contributed by atoms with Crippen LogP contribution < -0.4 is 0 Å². The van der Waals surface area contributed by atoms with Crippen LogP contribution in [0.15, 0.2) is 84.9 Å². The van der Waals surface area contributed by atoms with Crippen LogP contribution in [0.4, 0.5) is 0 Å². The molecule has 0 aliphatic carbocycles. The molecule has 0 saturated carbocycles. The lowest BCUT2D eigenvalue weighted by Gasteiger charge is -2.19. The zero-order valence-corrected chi connectivity index (χ0v) is 14.1. The minimum Gasteiger partial charge on any atom is -0.0616 e. The molecule has 0 fully saturated rings. The zero-order valence-electron chi connectivity index (χ0n) is 14.1. The Labute approximate surface area is 149 Å². The molecular weight excluding hydrogens is 312 g/mol. The van der Waals surface area contributed by atoms with Gasteiger partial charge < -0.3 is 0 Å². The van der Waals surface area contributed by atoms with Crippen molar-refractivity contribution >= 4 is 64.6 Å². The Hall–Kier alpha value is -3.38. The second-order valence-electron chi connectivity index (χ2n) is 7.33. The van der Waals surface area contributed by atoms with E-state index in [0.717, 1.165) is 0 Å². The quantitative estimate of drug-likeness (QED) is 0.200. The SMILES string of the molecule is c1ccc2c(c1)c1ccc3cccc4c5cccc6ccc2c(c65)c1c34. The molecule has 0 unspecified atom stereocenters. The third-order valence-electron chi connectivity index (χ3n) is 6.14. The van der Waals surface area contributed by atoms with E-state index in [1.54, 1.807) is 0 Å². The molecule has 0 bridgehead atoms. The molecule has 0 spiro atoms. The van der Waals surface area contributed by atoms with Crippen molar-refractivity contribution in [3.63, 3.8) is 0 Å². The molecular formula is C26H14. The van der Waals surface area contributed by atoms with Crippen LogP contribution >= 0.6 is 0 Å². The van der Waals surface area contributed by atoms with Crippen molar-refractivity contribution in [2.45, 2.75) is 0 Å². The first-order chi connectivity index (χ1) is 12.9. The van der Waals surface area contributed by atoms with Crippen LogP contribution in [0.3, 0.4) is 0 Å². The predicted octanol–water partition coefficient (Wildman–Crippen LogP) is 7.48. The standard InChI is InChI=1S/C26H14/c1-2-8-18-17(7-1)21-13-11-15-5-3-9-19-20-10-4-6-16-12-14-22(18)26(24(16)20)25(21)23(15)19/h1-14H. The first kappa shape index (κ1) is 12.9. The van der Waals surface area contributed by atoms with Gasteiger partial charge in [-0.1, -0.05) is 84.9 Å². The second-order valence-corrected chi connectivity index (χ2v) is 7.33. The molecule has 0 amide bonds. The fraction of sp³-hybridized carbons (Fsp3) is 0. The summed E-state index contributed by atoms with van der Waals surface area (Å²) in [5.74, 6) is 0. The van der Waals surface area contributed by atoms with Crippen molar-refractivity contribution in [1.82, 2.24) is 0 Å². The van der Waals surface area contributed by atoms with Gasteiger partial charge in [0.2, 0.25) is 0 Å². The predicted molar refractivity (Wildman–Crippen MR) is 114 cm³/mol. The Morgan fingerprint density at radius 2 is 0.692 bits per heavy atom. The van der Waals surface area contributed by atoms with Crippen LogP contribution in [0.1, 0.15) is 0 Å². The molecule has 0 N–H and O–H groups in total.